The van der Waals surface area contributed by atoms with E-state index in [4.69, 9.17) is 17.0 Å². The van der Waals surface area contributed by atoms with Crippen LogP contribution in [0, 0.1) is 5.92 Å². The van der Waals surface area contributed by atoms with Gasteiger partial charge in [0.05, 0.1) is 0 Å². The largest absolute Gasteiger partial charge is 0.385 e. The summed E-state index contributed by atoms with van der Waals surface area (Å²) in [5.74, 6) is 0.642. The quantitative estimate of drug-likeness (QED) is 0.519. The summed E-state index contributed by atoms with van der Waals surface area (Å²) in [7, 11) is 1.71. The van der Waals surface area contributed by atoms with Gasteiger partial charge in [-0.2, -0.15) is 0 Å². The highest BCUT2D eigenvalue weighted by atomic mass is 32.1. The molecule has 0 aromatic rings. The second-order valence-corrected chi connectivity index (χ2v) is 4.33. The van der Waals surface area contributed by atoms with Gasteiger partial charge in [-0.25, -0.2) is 0 Å². The Morgan fingerprint density at radius 2 is 2.07 bits per heavy atom. The minimum atomic E-state index is 0.428. The van der Waals surface area contributed by atoms with Crippen molar-refractivity contribution in [2.24, 2.45) is 5.92 Å². The van der Waals surface area contributed by atoms with Crippen molar-refractivity contribution in [1.82, 2.24) is 10.6 Å². The van der Waals surface area contributed by atoms with E-state index in [0.29, 0.717) is 12.0 Å². The van der Waals surface area contributed by atoms with Gasteiger partial charge < -0.3 is 15.4 Å². The van der Waals surface area contributed by atoms with Gasteiger partial charge in [-0.3, -0.25) is 0 Å². The molecule has 0 aromatic heterocycles. The molecule has 0 radical (unpaired) electrons. The molecule has 0 spiro atoms. The van der Waals surface area contributed by atoms with Crippen LogP contribution in [-0.2, 0) is 4.74 Å². The molecule has 0 rings (SSSR count). The summed E-state index contributed by atoms with van der Waals surface area (Å²) in [6, 6.07) is 0.428. The first kappa shape index (κ1) is 14.6. The fourth-order valence-electron chi connectivity index (χ4n) is 1.17. The van der Waals surface area contributed by atoms with Gasteiger partial charge in [0.1, 0.15) is 0 Å². The first-order valence-corrected chi connectivity index (χ1v) is 6.05. The van der Waals surface area contributed by atoms with Crippen molar-refractivity contribution >= 4 is 17.3 Å². The first-order valence-electron chi connectivity index (χ1n) is 5.65. The minimum absolute atomic E-state index is 0.428. The lowest BCUT2D eigenvalue weighted by atomic mass is 10.0. The van der Waals surface area contributed by atoms with Crippen LogP contribution in [0.25, 0.3) is 0 Å². The fraction of sp³-hybridized carbons (Fsp3) is 0.909. The average Bonchev–Trinajstić information content (AvgIpc) is 2.23. The monoisotopic (exact) mass is 232 g/mol. The Morgan fingerprint density at radius 1 is 1.40 bits per heavy atom. The molecule has 2 unspecified atom stereocenters. The smallest absolute Gasteiger partial charge is 0.166 e. The second kappa shape index (κ2) is 8.92. The molecular formula is C11H24N2OS. The third-order valence-electron chi connectivity index (χ3n) is 2.67. The molecule has 0 aliphatic heterocycles. The van der Waals surface area contributed by atoms with Gasteiger partial charge in [-0.1, -0.05) is 20.3 Å². The number of methoxy groups -OCH3 is 1. The van der Waals surface area contributed by atoms with E-state index in [-0.39, 0.29) is 0 Å². The molecule has 15 heavy (non-hydrogen) atoms. The van der Waals surface area contributed by atoms with Crippen LogP contribution in [0.2, 0.25) is 0 Å². The number of hydrogen-bond donors (Lipinski definition) is 2. The molecule has 0 aliphatic rings. The number of thiocarbonyl (C=S) groups is 1. The Kier molecular flexibility index (Phi) is 8.71. The summed E-state index contributed by atoms with van der Waals surface area (Å²) < 4.78 is 4.96. The van der Waals surface area contributed by atoms with E-state index >= 15 is 0 Å². The van der Waals surface area contributed by atoms with E-state index in [9.17, 15) is 0 Å². The summed E-state index contributed by atoms with van der Waals surface area (Å²) in [5.41, 5.74) is 0. The Morgan fingerprint density at radius 3 is 2.60 bits per heavy atom. The molecule has 0 heterocycles. The maximum Gasteiger partial charge on any atom is 0.166 e. The van der Waals surface area contributed by atoms with Crippen LogP contribution in [0.5, 0.6) is 0 Å². The van der Waals surface area contributed by atoms with Crippen LogP contribution in [0.4, 0.5) is 0 Å². The molecule has 3 nitrogen and oxygen atoms in total. The van der Waals surface area contributed by atoms with Gasteiger partial charge in [0, 0.05) is 26.3 Å². The third-order valence-corrected chi connectivity index (χ3v) is 2.93. The lowest BCUT2D eigenvalue weighted by Gasteiger charge is -2.21. The van der Waals surface area contributed by atoms with Crippen molar-refractivity contribution < 1.29 is 4.74 Å². The van der Waals surface area contributed by atoms with E-state index in [1.54, 1.807) is 7.11 Å². The van der Waals surface area contributed by atoms with Crippen molar-refractivity contribution in [2.75, 3.05) is 20.3 Å². The van der Waals surface area contributed by atoms with Crippen molar-refractivity contribution in [3.63, 3.8) is 0 Å². The molecule has 0 saturated carbocycles. The van der Waals surface area contributed by atoms with E-state index in [2.05, 4.69) is 31.4 Å². The average molecular weight is 232 g/mol. The number of nitrogens with one attached hydrogen (secondary N) is 2. The molecule has 0 aliphatic carbocycles. The molecule has 4 heteroatoms. The van der Waals surface area contributed by atoms with Gasteiger partial charge in [-0.05, 0) is 31.5 Å². The Labute approximate surface area is 99.0 Å². The second-order valence-electron chi connectivity index (χ2n) is 3.92. The van der Waals surface area contributed by atoms with Crippen LogP contribution in [0.3, 0.4) is 0 Å². The summed E-state index contributed by atoms with van der Waals surface area (Å²) in [4.78, 5) is 0. The molecule has 0 fully saturated rings. The van der Waals surface area contributed by atoms with Crippen LogP contribution < -0.4 is 10.6 Å². The summed E-state index contributed by atoms with van der Waals surface area (Å²) in [6.45, 7) is 8.23. The van der Waals surface area contributed by atoms with Gasteiger partial charge >= 0.3 is 0 Å². The summed E-state index contributed by atoms with van der Waals surface area (Å²) in [5, 5.41) is 7.20. The Hall–Kier alpha value is -0.350. The van der Waals surface area contributed by atoms with Crippen molar-refractivity contribution in [3.8, 4) is 0 Å². The van der Waals surface area contributed by atoms with Crippen LogP contribution in [0.1, 0.15) is 33.6 Å². The fourth-order valence-corrected chi connectivity index (χ4v) is 1.46. The minimum Gasteiger partial charge on any atom is -0.385 e. The van der Waals surface area contributed by atoms with E-state index in [0.717, 1.165) is 24.7 Å². The van der Waals surface area contributed by atoms with Crippen molar-refractivity contribution in [3.05, 3.63) is 0 Å². The SMILES string of the molecule is CCC(C)C(C)NC(=S)NCCCOC. The zero-order chi connectivity index (χ0) is 11.7. The van der Waals surface area contributed by atoms with E-state index in [1.807, 2.05) is 0 Å². The van der Waals surface area contributed by atoms with Gasteiger partial charge in [0.2, 0.25) is 0 Å². The highest BCUT2D eigenvalue weighted by molar-refractivity contribution is 7.80. The molecule has 0 amide bonds. The summed E-state index contributed by atoms with van der Waals surface area (Å²) in [6.07, 6.45) is 2.15. The van der Waals surface area contributed by atoms with Crippen LogP contribution in [0.15, 0.2) is 0 Å². The predicted octanol–water partition coefficient (Wildman–Crippen LogP) is 1.92. The Balaban J connectivity index is 3.55. The van der Waals surface area contributed by atoms with Crippen molar-refractivity contribution in [1.29, 1.82) is 0 Å². The third kappa shape index (κ3) is 7.56. The van der Waals surface area contributed by atoms with E-state index in [1.165, 1.54) is 6.42 Å². The first-order chi connectivity index (χ1) is 7.11. The van der Waals surface area contributed by atoms with Gasteiger partial charge in [0.15, 0.2) is 5.11 Å². The topological polar surface area (TPSA) is 33.3 Å². The molecule has 0 saturated heterocycles. The molecule has 2 N–H and O–H groups in total. The number of hydrogen-bond acceptors (Lipinski definition) is 2. The number of ether oxygens (including phenoxy) is 1. The lowest BCUT2D eigenvalue weighted by Crippen LogP contribution is -2.43. The molecule has 0 bridgehead atoms. The standard InChI is InChI=1S/C11H24N2OS/c1-5-9(2)10(3)13-11(15)12-7-6-8-14-4/h9-10H,5-8H2,1-4H3,(H2,12,13,15). The Bertz CT molecular complexity index is 176. The normalized spacial score (nSPS) is 14.4. The highest BCUT2D eigenvalue weighted by Gasteiger charge is 2.10. The molecule has 90 valence electrons. The molecule has 0 aromatic carbocycles. The molecule has 2 atom stereocenters. The highest BCUT2D eigenvalue weighted by Crippen LogP contribution is 2.05. The zero-order valence-electron chi connectivity index (χ0n) is 10.3. The lowest BCUT2D eigenvalue weighted by molar-refractivity contribution is 0.195. The van der Waals surface area contributed by atoms with Crippen molar-refractivity contribution in [2.45, 2.75) is 39.7 Å². The van der Waals surface area contributed by atoms with E-state index < -0.39 is 0 Å². The molecular weight excluding hydrogens is 208 g/mol. The summed E-state index contributed by atoms with van der Waals surface area (Å²) >= 11 is 5.18. The van der Waals surface area contributed by atoms with Gasteiger partial charge in [-0.15, -0.1) is 0 Å². The van der Waals surface area contributed by atoms with Crippen LogP contribution >= 0.6 is 12.2 Å². The zero-order valence-corrected chi connectivity index (χ0v) is 11.1. The number of rotatable bonds is 7. The predicted molar refractivity (Wildman–Crippen MR) is 69.1 cm³/mol. The van der Waals surface area contributed by atoms with Crippen LogP contribution in [-0.4, -0.2) is 31.4 Å². The maximum absolute atomic E-state index is 5.18. The van der Waals surface area contributed by atoms with Gasteiger partial charge in [0.25, 0.3) is 0 Å². The maximum atomic E-state index is 5.18.